The maximum Gasteiger partial charge on any atom is 0.139 e. The lowest BCUT2D eigenvalue weighted by molar-refractivity contribution is 0.337. The average Bonchev–Trinajstić information content (AvgIpc) is 2.69. The Morgan fingerprint density at radius 3 is 2.88 bits per heavy atom. The molecule has 1 saturated heterocycles. The number of piperidine rings is 1. The van der Waals surface area contributed by atoms with Crippen molar-refractivity contribution in [1.29, 1.82) is 0 Å². The van der Waals surface area contributed by atoms with Gasteiger partial charge < -0.3 is 9.88 Å². The van der Waals surface area contributed by atoms with Gasteiger partial charge in [-0.1, -0.05) is 6.92 Å². The molecule has 2 aromatic rings. The first kappa shape index (κ1) is 10.8. The number of nitrogens with zero attached hydrogens (tertiary/aromatic N) is 2. The third kappa shape index (κ3) is 1.65. The molecule has 1 aliphatic rings. The van der Waals surface area contributed by atoms with Crippen LogP contribution in [0.1, 0.15) is 25.3 Å². The highest BCUT2D eigenvalue weighted by Gasteiger charge is 2.31. The summed E-state index contributed by atoms with van der Waals surface area (Å²) in [6, 6.07) is 4.24. The lowest BCUT2D eigenvalue weighted by Gasteiger charge is -2.34. The minimum absolute atomic E-state index is 0.299. The molecule has 90 valence electrons. The first-order valence-electron chi connectivity index (χ1n) is 6.32. The Morgan fingerprint density at radius 2 is 2.12 bits per heavy atom. The second kappa shape index (κ2) is 3.84. The number of aromatic nitrogens is 2. The molecule has 0 radical (unpaired) electrons. The van der Waals surface area contributed by atoms with Crippen LogP contribution in [0.2, 0.25) is 0 Å². The molecule has 1 fully saturated rings. The standard InChI is InChI=1S/C14H19N3/c1-14(5-8-15-9-6-14)12-10-17(2)13-11(12)4-3-7-16-13/h3-4,7,10,15H,5-6,8-9H2,1-2H3. The van der Waals surface area contributed by atoms with E-state index in [1.54, 1.807) is 0 Å². The summed E-state index contributed by atoms with van der Waals surface area (Å²) in [5.74, 6) is 0. The molecule has 0 saturated carbocycles. The predicted octanol–water partition coefficient (Wildman–Crippen LogP) is 2.21. The Labute approximate surface area is 102 Å². The van der Waals surface area contributed by atoms with Gasteiger partial charge in [-0.3, -0.25) is 0 Å². The van der Waals surface area contributed by atoms with Crippen molar-refractivity contribution < 1.29 is 0 Å². The van der Waals surface area contributed by atoms with Crippen molar-refractivity contribution in [2.24, 2.45) is 7.05 Å². The van der Waals surface area contributed by atoms with Gasteiger partial charge in [0, 0.05) is 24.8 Å². The Morgan fingerprint density at radius 1 is 1.35 bits per heavy atom. The highest BCUT2D eigenvalue weighted by atomic mass is 15.0. The van der Waals surface area contributed by atoms with E-state index in [2.05, 4.69) is 41.1 Å². The number of rotatable bonds is 1. The van der Waals surface area contributed by atoms with Gasteiger partial charge in [0.2, 0.25) is 0 Å². The van der Waals surface area contributed by atoms with E-state index in [0.717, 1.165) is 18.7 Å². The van der Waals surface area contributed by atoms with E-state index >= 15 is 0 Å². The molecule has 0 aromatic carbocycles. The van der Waals surface area contributed by atoms with Crippen molar-refractivity contribution in [3.63, 3.8) is 0 Å². The molecular weight excluding hydrogens is 210 g/mol. The Kier molecular flexibility index (Phi) is 2.44. The fraction of sp³-hybridized carbons (Fsp3) is 0.500. The number of nitrogens with one attached hydrogen (secondary N) is 1. The van der Waals surface area contributed by atoms with E-state index in [9.17, 15) is 0 Å². The number of hydrogen-bond donors (Lipinski definition) is 1. The Bertz CT molecular complexity index is 535. The van der Waals surface area contributed by atoms with E-state index in [1.165, 1.54) is 23.8 Å². The molecule has 3 rings (SSSR count). The van der Waals surface area contributed by atoms with E-state index < -0.39 is 0 Å². The summed E-state index contributed by atoms with van der Waals surface area (Å²) in [6.07, 6.45) is 6.56. The zero-order valence-corrected chi connectivity index (χ0v) is 10.5. The molecule has 1 aliphatic heterocycles. The second-order valence-corrected chi connectivity index (χ2v) is 5.34. The summed E-state index contributed by atoms with van der Waals surface area (Å²) in [7, 11) is 2.09. The molecule has 17 heavy (non-hydrogen) atoms. The zero-order chi connectivity index (χ0) is 11.9. The maximum atomic E-state index is 4.47. The van der Waals surface area contributed by atoms with Gasteiger partial charge in [-0.15, -0.1) is 0 Å². The zero-order valence-electron chi connectivity index (χ0n) is 10.5. The molecule has 0 bridgehead atoms. The molecule has 0 unspecified atom stereocenters. The van der Waals surface area contributed by atoms with Crippen LogP contribution in [-0.2, 0) is 12.5 Å². The normalized spacial score (nSPS) is 19.6. The third-order valence-electron chi connectivity index (χ3n) is 4.09. The van der Waals surface area contributed by atoms with Gasteiger partial charge in [-0.05, 0) is 49.0 Å². The minimum Gasteiger partial charge on any atom is -0.335 e. The molecule has 0 spiro atoms. The van der Waals surface area contributed by atoms with Crippen molar-refractivity contribution in [2.45, 2.75) is 25.2 Å². The van der Waals surface area contributed by atoms with Crippen LogP contribution < -0.4 is 5.32 Å². The average molecular weight is 229 g/mol. The number of hydrogen-bond acceptors (Lipinski definition) is 2. The Hall–Kier alpha value is -1.35. The second-order valence-electron chi connectivity index (χ2n) is 5.34. The minimum atomic E-state index is 0.299. The number of pyridine rings is 1. The molecule has 0 aliphatic carbocycles. The van der Waals surface area contributed by atoms with E-state index in [1.807, 2.05) is 12.3 Å². The van der Waals surface area contributed by atoms with Gasteiger partial charge in [-0.25, -0.2) is 4.98 Å². The van der Waals surface area contributed by atoms with E-state index in [-0.39, 0.29) is 0 Å². The van der Waals surface area contributed by atoms with Crippen LogP contribution in [0.15, 0.2) is 24.5 Å². The summed E-state index contributed by atoms with van der Waals surface area (Å²) in [6.45, 7) is 4.62. The smallest absolute Gasteiger partial charge is 0.139 e. The SMILES string of the molecule is Cn1cc(C2(C)CCNCC2)c2cccnc21. The van der Waals surface area contributed by atoms with Crippen molar-refractivity contribution in [2.75, 3.05) is 13.1 Å². The van der Waals surface area contributed by atoms with Gasteiger partial charge >= 0.3 is 0 Å². The van der Waals surface area contributed by atoms with Gasteiger partial charge in [-0.2, -0.15) is 0 Å². The first-order chi connectivity index (χ1) is 8.21. The lowest BCUT2D eigenvalue weighted by atomic mass is 9.75. The molecule has 3 heteroatoms. The highest BCUT2D eigenvalue weighted by molar-refractivity contribution is 5.81. The van der Waals surface area contributed by atoms with Crippen LogP contribution in [0.3, 0.4) is 0 Å². The van der Waals surface area contributed by atoms with Crippen molar-refractivity contribution in [1.82, 2.24) is 14.9 Å². The van der Waals surface area contributed by atoms with Gasteiger partial charge in [0.15, 0.2) is 0 Å². The van der Waals surface area contributed by atoms with Crippen LogP contribution in [0.5, 0.6) is 0 Å². The lowest BCUT2D eigenvalue weighted by Crippen LogP contribution is -2.37. The predicted molar refractivity (Wildman–Crippen MR) is 70.2 cm³/mol. The quantitative estimate of drug-likeness (QED) is 0.812. The highest BCUT2D eigenvalue weighted by Crippen LogP contribution is 2.37. The third-order valence-corrected chi connectivity index (χ3v) is 4.09. The summed E-state index contributed by atoms with van der Waals surface area (Å²) < 4.78 is 2.15. The first-order valence-corrected chi connectivity index (χ1v) is 6.32. The van der Waals surface area contributed by atoms with Crippen molar-refractivity contribution in [3.8, 4) is 0 Å². The molecule has 0 amide bonds. The van der Waals surface area contributed by atoms with Gasteiger partial charge in [0.25, 0.3) is 0 Å². The van der Waals surface area contributed by atoms with Crippen molar-refractivity contribution in [3.05, 3.63) is 30.1 Å². The molecule has 2 aromatic heterocycles. The van der Waals surface area contributed by atoms with E-state index in [0.29, 0.717) is 5.41 Å². The van der Waals surface area contributed by atoms with Gasteiger partial charge in [0.1, 0.15) is 5.65 Å². The molecular formula is C14H19N3. The van der Waals surface area contributed by atoms with Crippen LogP contribution in [-0.4, -0.2) is 22.6 Å². The number of aryl methyl sites for hydroxylation is 1. The Balaban J connectivity index is 2.16. The van der Waals surface area contributed by atoms with E-state index in [4.69, 9.17) is 0 Å². The van der Waals surface area contributed by atoms with Crippen LogP contribution in [0.4, 0.5) is 0 Å². The van der Waals surface area contributed by atoms with Crippen LogP contribution >= 0.6 is 0 Å². The largest absolute Gasteiger partial charge is 0.335 e. The fourth-order valence-electron chi connectivity index (χ4n) is 2.94. The molecule has 3 nitrogen and oxygen atoms in total. The number of fused-ring (bicyclic) bond motifs is 1. The summed E-state index contributed by atoms with van der Waals surface area (Å²) in [5, 5.41) is 4.76. The van der Waals surface area contributed by atoms with Crippen LogP contribution in [0, 0.1) is 0 Å². The maximum absolute atomic E-state index is 4.47. The molecule has 0 atom stereocenters. The molecule has 3 heterocycles. The van der Waals surface area contributed by atoms with Crippen LogP contribution in [0.25, 0.3) is 11.0 Å². The topological polar surface area (TPSA) is 29.9 Å². The van der Waals surface area contributed by atoms with Crippen molar-refractivity contribution >= 4 is 11.0 Å². The molecule has 1 N–H and O–H groups in total. The summed E-state index contributed by atoms with van der Waals surface area (Å²) in [5.41, 5.74) is 2.86. The summed E-state index contributed by atoms with van der Waals surface area (Å²) in [4.78, 5) is 4.47. The summed E-state index contributed by atoms with van der Waals surface area (Å²) >= 11 is 0. The van der Waals surface area contributed by atoms with Gasteiger partial charge in [0.05, 0.1) is 0 Å². The fourth-order valence-corrected chi connectivity index (χ4v) is 2.94. The monoisotopic (exact) mass is 229 g/mol.